The normalized spacial score (nSPS) is 18.6. The number of carbonyl (C=O) groups excluding carboxylic acids is 1. The van der Waals surface area contributed by atoms with Gasteiger partial charge in [-0.1, -0.05) is 6.07 Å². The molecular formula is C19H22N4O3. The number of aromatic nitrogens is 2. The minimum atomic E-state index is -0.0238. The lowest BCUT2D eigenvalue weighted by atomic mass is 9.97. The number of rotatable bonds is 5. The van der Waals surface area contributed by atoms with Crippen molar-refractivity contribution in [3.05, 3.63) is 42.2 Å². The highest BCUT2D eigenvalue weighted by atomic mass is 16.7. The smallest absolute Gasteiger partial charge is 0.231 e. The Morgan fingerprint density at radius 2 is 2.08 bits per heavy atom. The number of piperidine rings is 1. The second-order valence-corrected chi connectivity index (χ2v) is 6.56. The van der Waals surface area contributed by atoms with Crippen molar-refractivity contribution in [3.8, 4) is 11.5 Å². The molecule has 4 rings (SSSR count). The van der Waals surface area contributed by atoms with E-state index in [1.165, 1.54) is 0 Å². The van der Waals surface area contributed by atoms with Gasteiger partial charge in [-0.2, -0.15) is 0 Å². The van der Waals surface area contributed by atoms with Gasteiger partial charge < -0.3 is 19.7 Å². The highest BCUT2D eigenvalue weighted by Crippen LogP contribution is 2.32. The van der Waals surface area contributed by atoms with Gasteiger partial charge >= 0.3 is 0 Å². The van der Waals surface area contributed by atoms with E-state index in [1.54, 1.807) is 18.5 Å². The maximum Gasteiger partial charge on any atom is 0.231 e. The maximum atomic E-state index is 12.5. The van der Waals surface area contributed by atoms with E-state index in [1.807, 2.05) is 18.2 Å². The number of benzene rings is 1. The molecular weight excluding hydrogens is 332 g/mol. The fourth-order valence-electron chi connectivity index (χ4n) is 3.40. The van der Waals surface area contributed by atoms with Crippen LogP contribution in [0.25, 0.3) is 0 Å². The van der Waals surface area contributed by atoms with E-state index in [2.05, 4.69) is 20.2 Å². The summed E-state index contributed by atoms with van der Waals surface area (Å²) in [6.45, 7) is 2.44. The van der Waals surface area contributed by atoms with Crippen LogP contribution >= 0.6 is 0 Å². The molecule has 0 aliphatic carbocycles. The number of fused-ring (bicyclic) bond motifs is 1. The number of carbonyl (C=O) groups is 1. The number of hydrogen-bond donors (Lipinski definition) is 1. The zero-order valence-corrected chi connectivity index (χ0v) is 14.6. The largest absolute Gasteiger partial charge is 0.454 e. The predicted molar refractivity (Wildman–Crippen MR) is 96.2 cm³/mol. The minimum Gasteiger partial charge on any atom is -0.454 e. The second-order valence-electron chi connectivity index (χ2n) is 6.56. The molecule has 0 radical (unpaired) electrons. The van der Waals surface area contributed by atoms with Gasteiger partial charge in [-0.3, -0.25) is 4.79 Å². The SMILES string of the molecule is O=C(NCCc1ccc2c(c1)OCO2)C1CCCN(c2ncccn2)C1. The summed E-state index contributed by atoms with van der Waals surface area (Å²) in [5.74, 6) is 2.34. The lowest BCUT2D eigenvalue weighted by Crippen LogP contribution is -2.44. The molecule has 3 heterocycles. The Labute approximate surface area is 152 Å². The van der Waals surface area contributed by atoms with E-state index in [9.17, 15) is 4.79 Å². The van der Waals surface area contributed by atoms with E-state index in [0.29, 0.717) is 19.0 Å². The molecule has 1 fully saturated rings. The molecule has 7 nitrogen and oxygen atoms in total. The summed E-state index contributed by atoms with van der Waals surface area (Å²) >= 11 is 0. The molecule has 2 aliphatic rings. The van der Waals surface area contributed by atoms with Crippen LogP contribution in [-0.4, -0.2) is 42.3 Å². The Morgan fingerprint density at radius 3 is 2.96 bits per heavy atom. The summed E-state index contributed by atoms with van der Waals surface area (Å²) in [5.41, 5.74) is 1.12. The first kappa shape index (κ1) is 16.6. The number of hydrogen-bond acceptors (Lipinski definition) is 6. The summed E-state index contributed by atoms with van der Waals surface area (Å²) < 4.78 is 10.7. The lowest BCUT2D eigenvalue weighted by Gasteiger charge is -2.31. The van der Waals surface area contributed by atoms with Crippen LogP contribution in [0.3, 0.4) is 0 Å². The molecule has 1 unspecified atom stereocenters. The van der Waals surface area contributed by atoms with Gasteiger partial charge in [0.15, 0.2) is 11.5 Å². The first-order chi connectivity index (χ1) is 12.8. The number of anilines is 1. The highest BCUT2D eigenvalue weighted by Gasteiger charge is 2.26. The van der Waals surface area contributed by atoms with E-state index in [0.717, 1.165) is 42.9 Å². The summed E-state index contributed by atoms with van der Waals surface area (Å²) in [5, 5.41) is 3.06. The topological polar surface area (TPSA) is 76.6 Å². The molecule has 0 saturated carbocycles. The van der Waals surface area contributed by atoms with Crippen molar-refractivity contribution in [2.45, 2.75) is 19.3 Å². The maximum absolute atomic E-state index is 12.5. The average molecular weight is 354 g/mol. The van der Waals surface area contributed by atoms with Crippen molar-refractivity contribution in [3.63, 3.8) is 0 Å². The third kappa shape index (κ3) is 3.71. The van der Waals surface area contributed by atoms with Crippen LogP contribution < -0.4 is 19.7 Å². The third-order valence-corrected chi connectivity index (χ3v) is 4.78. The molecule has 0 spiro atoms. The van der Waals surface area contributed by atoms with Crippen molar-refractivity contribution >= 4 is 11.9 Å². The molecule has 1 N–H and O–H groups in total. The summed E-state index contributed by atoms with van der Waals surface area (Å²) in [6, 6.07) is 7.70. The molecule has 1 saturated heterocycles. The predicted octanol–water partition coefficient (Wildman–Crippen LogP) is 1.78. The lowest BCUT2D eigenvalue weighted by molar-refractivity contribution is -0.125. The van der Waals surface area contributed by atoms with Gasteiger partial charge in [-0.15, -0.1) is 0 Å². The van der Waals surface area contributed by atoms with Crippen LogP contribution in [0.15, 0.2) is 36.7 Å². The summed E-state index contributed by atoms with van der Waals surface area (Å²) in [7, 11) is 0. The van der Waals surface area contributed by atoms with Gasteiger partial charge in [0.25, 0.3) is 0 Å². The highest BCUT2D eigenvalue weighted by molar-refractivity contribution is 5.79. The van der Waals surface area contributed by atoms with Gasteiger partial charge in [0.2, 0.25) is 18.6 Å². The molecule has 26 heavy (non-hydrogen) atoms. The molecule has 1 aromatic carbocycles. The standard InChI is InChI=1S/C19H22N4O3/c24-18(15-3-1-10-23(12-15)19-21-7-2-8-22-19)20-9-6-14-4-5-16-17(11-14)26-13-25-16/h2,4-5,7-8,11,15H,1,3,6,9-10,12-13H2,(H,20,24). The Bertz CT molecular complexity index is 769. The first-order valence-corrected chi connectivity index (χ1v) is 8.98. The fourth-order valence-corrected chi connectivity index (χ4v) is 3.40. The Kier molecular flexibility index (Phi) is 4.86. The molecule has 0 bridgehead atoms. The van der Waals surface area contributed by atoms with Gasteiger partial charge in [0, 0.05) is 32.0 Å². The van der Waals surface area contributed by atoms with Crippen molar-refractivity contribution in [2.75, 3.05) is 31.3 Å². The quantitative estimate of drug-likeness (QED) is 0.882. The zero-order valence-electron chi connectivity index (χ0n) is 14.6. The van der Waals surface area contributed by atoms with Crippen LogP contribution in [0, 0.1) is 5.92 Å². The van der Waals surface area contributed by atoms with E-state index in [4.69, 9.17) is 9.47 Å². The van der Waals surface area contributed by atoms with Gasteiger partial charge in [0.1, 0.15) is 0 Å². The molecule has 1 amide bonds. The second kappa shape index (κ2) is 7.59. The Morgan fingerprint density at radius 1 is 1.23 bits per heavy atom. The Balaban J connectivity index is 1.28. The molecule has 136 valence electrons. The number of nitrogens with zero attached hydrogens (tertiary/aromatic N) is 3. The first-order valence-electron chi connectivity index (χ1n) is 8.98. The van der Waals surface area contributed by atoms with Crippen LogP contribution in [0.2, 0.25) is 0 Å². The van der Waals surface area contributed by atoms with Crippen LogP contribution in [0.4, 0.5) is 5.95 Å². The zero-order chi connectivity index (χ0) is 17.8. The fraction of sp³-hybridized carbons (Fsp3) is 0.421. The molecule has 2 aliphatic heterocycles. The average Bonchev–Trinajstić information content (AvgIpc) is 3.16. The third-order valence-electron chi connectivity index (χ3n) is 4.78. The van der Waals surface area contributed by atoms with Gasteiger partial charge in [-0.25, -0.2) is 9.97 Å². The monoisotopic (exact) mass is 354 g/mol. The summed E-state index contributed by atoms with van der Waals surface area (Å²) in [6.07, 6.45) is 6.10. The molecule has 7 heteroatoms. The summed E-state index contributed by atoms with van der Waals surface area (Å²) in [4.78, 5) is 23.2. The van der Waals surface area contributed by atoms with Crippen molar-refractivity contribution in [1.82, 2.24) is 15.3 Å². The van der Waals surface area contributed by atoms with E-state index >= 15 is 0 Å². The van der Waals surface area contributed by atoms with Crippen LogP contribution in [0.5, 0.6) is 11.5 Å². The van der Waals surface area contributed by atoms with E-state index < -0.39 is 0 Å². The molecule has 2 aromatic rings. The van der Waals surface area contributed by atoms with Crippen molar-refractivity contribution in [2.24, 2.45) is 5.92 Å². The molecule has 1 atom stereocenters. The van der Waals surface area contributed by atoms with Gasteiger partial charge in [0.05, 0.1) is 5.92 Å². The number of nitrogens with one attached hydrogen (secondary N) is 1. The molecule has 1 aromatic heterocycles. The van der Waals surface area contributed by atoms with Crippen molar-refractivity contribution < 1.29 is 14.3 Å². The minimum absolute atomic E-state index is 0.0238. The van der Waals surface area contributed by atoms with E-state index in [-0.39, 0.29) is 18.6 Å². The number of amides is 1. The Hall–Kier alpha value is -2.83. The van der Waals surface area contributed by atoms with Crippen LogP contribution in [-0.2, 0) is 11.2 Å². The van der Waals surface area contributed by atoms with Gasteiger partial charge in [-0.05, 0) is 43.0 Å². The van der Waals surface area contributed by atoms with Crippen LogP contribution in [0.1, 0.15) is 18.4 Å². The number of ether oxygens (including phenoxy) is 2. The van der Waals surface area contributed by atoms with Crippen molar-refractivity contribution in [1.29, 1.82) is 0 Å².